The second kappa shape index (κ2) is 14.7. The van der Waals surface area contributed by atoms with Crippen molar-refractivity contribution >= 4 is 23.4 Å². The molecule has 2 aromatic carbocycles. The summed E-state index contributed by atoms with van der Waals surface area (Å²) in [6.45, 7) is 4.07. The molecule has 1 saturated heterocycles. The summed E-state index contributed by atoms with van der Waals surface area (Å²) in [4.78, 5) is 37.3. The van der Waals surface area contributed by atoms with Crippen LogP contribution in [0.1, 0.15) is 42.5 Å². The highest BCUT2D eigenvalue weighted by Crippen LogP contribution is 2.32. The van der Waals surface area contributed by atoms with Crippen molar-refractivity contribution in [2.75, 3.05) is 39.8 Å². The van der Waals surface area contributed by atoms with Crippen molar-refractivity contribution in [3.05, 3.63) is 94.8 Å². The van der Waals surface area contributed by atoms with E-state index in [-0.39, 0.29) is 23.7 Å². The van der Waals surface area contributed by atoms with Gasteiger partial charge in [-0.05, 0) is 60.9 Å². The van der Waals surface area contributed by atoms with Gasteiger partial charge in [0, 0.05) is 75.1 Å². The third-order valence-corrected chi connectivity index (χ3v) is 8.96. The Kier molecular flexibility index (Phi) is 10.5. The molecule has 0 saturated carbocycles. The van der Waals surface area contributed by atoms with Crippen molar-refractivity contribution < 1.29 is 14.3 Å². The lowest BCUT2D eigenvalue weighted by Crippen LogP contribution is -2.48. The van der Waals surface area contributed by atoms with Gasteiger partial charge in [0.15, 0.2) is 0 Å². The third-order valence-electron chi connectivity index (χ3n) is 8.59. The molecule has 1 aromatic heterocycles. The number of ether oxygens (including phenoxy) is 1. The number of piperidine rings is 1. The first-order valence-electron chi connectivity index (χ1n) is 15.0. The summed E-state index contributed by atoms with van der Waals surface area (Å²) in [5.74, 6) is 1.65. The molecule has 3 aromatic rings. The average molecular weight is 589 g/mol. The van der Waals surface area contributed by atoms with E-state index in [0.717, 1.165) is 48.3 Å². The van der Waals surface area contributed by atoms with Gasteiger partial charge in [-0.15, -0.1) is 0 Å². The van der Waals surface area contributed by atoms with Gasteiger partial charge in [0.25, 0.3) is 0 Å². The van der Waals surface area contributed by atoms with Gasteiger partial charge in [0.2, 0.25) is 11.8 Å². The number of benzene rings is 2. The minimum atomic E-state index is 0.127. The normalized spacial score (nSPS) is 20.0. The molecule has 8 heteroatoms. The van der Waals surface area contributed by atoms with Crippen molar-refractivity contribution in [2.24, 2.45) is 11.8 Å². The van der Waals surface area contributed by atoms with E-state index >= 15 is 0 Å². The van der Waals surface area contributed by atoms with Gasteiger partial charge in [0.1, 0.15) is 5.75 Å². The lowest BCUT2D eigenvalue weighted by molar-refractivity contribution is -0.136. The monoisotopic (exact) mass is 588 g/mol. The number of halogens is 1. The van der Waals surface area contributed by atoms with Gasteiger partial charge in [-0.1, -0.05) is 54.1 Å². The SMILES string of the molecule is CN(CCc1ccccn1)C(=O)C[C@@H]1CCN2C[C@@H]1CCCOc1ccccc1CN(Cc1ccccc1Cl)CC2=O. The summed E-state index contributed by atoms with van der Waals surface area (Å²) in [5.41, 5.74) is 3.05. The Balaban J connectivity index is 1.28. The van der Waals surface area contributed by atoms with Crippen molar-refractivity contribution in [1.82, 2.24) is 19.7 Å². The zero-order chi connectivity index (χ0) is 29.3. The van der Waals surface area contributed by atoms with Crippen LogP contribution in [0.25, 0.3) is 0 Å². The molecule has 1 fully saturated rings. The Morgan fingerprint density at radius 3 is 2.69 bits per heavy atom. The molecule has 2 bridgehead atoms. The van der Waals surface area contributed by atoms with Gasteiger partial charge in [-0.25, -0.2) is 0 Å². The van der Waals surface area contributed by atoms with Gasteiger partial charge in [-0.3, -0.25) is 19.5 Å². The van der Waals surface area contributed by atoms with Gasteiger partial charge in [0.05, 0.1) is 13.2 Å². The number of pyridine rings is 1. The molecule has 7 nitrogen and oxygen atoms in total. The molecule has 2 aliphatic heterocycles. The third kappa shape index (κ3) is 8.11. The number of nitrogens with zero attached hydrogens (tertiary/aromatic N) is 4. The van der Waals surface area contributed by atoms with Crippen LogP contribution in [0.15, 0.2) is 72.9 Å². The maximum absolute atomic E-state index is 13.7. The lowest BCUT2D eigenvalue weighted by Gasteiger charge is -2.39. The quantitative estimate of drug-likeness (QED) is 0.366. The van der Waals surface area contributed by atoms with Crippen molar-refractivity contribution in [2.45, 2.75) is 45.2 Å². The van der Waals surface area contributed by atoms with Crippen LogP contribution < -0.4 is 4.74 Å². The topological polar surface area (TPSA) is 66.0 Å². The van der Waals surface area contributed by atoms with E-state index in [4.69, 9.17) is 16.3 Å². The van der Waals surface area contributed by atoms with Crippen LogP contribution in [0.4, 0.5) is 0 Å². The molecule has 42 heavy (non-hydrogen) atoms. The fourth-order valence-electron chi connectivity index (χ4n) is 6.11. The Labute approximate surface area is 254 Å². The van der Waals surface area contributed by atoms with E-state index in [1.54, 1.807) is 6.20 Å². The van der Waals surface area contributed by atoms with Crippen LogP contribution >= 0.6 is 11.6 Å². The van der Waals surface area contributed by atoms with E-state index in [9.17, 15) is 9.59 Å². The van der Waals surface area contributed by atoms with Gasteiger partial charge < -0.3 is 14.5 Å². The second-order valence-electron chi connectivity index (χ2n) is 11.6. The summed E-state index contributed by atoms with van der Waals surface area (Å²) in [6.07, 6.45) is 5.67. The molecule has 2 atom stereocenters. The number of carbonyl (C=O) groups is 2. The Morgan fingerprint density at radius 2 is 1.86 bits per heavy atom. The van der Waals surface area contributed by atoms with Crippen molar-refractivity contribution in [3.8, 4) is 5.75 Å². The molecular formula is C34H41ClN4O3. The zero-order valence-corrected chi connectivity index (χ0v) is 25.2. The summed E-state index contributed by atoms with van der Waals surface area (Å²) in [7, 11) is 1.88. The van der Waals surface area contributed by atoms with Crippen LogP contribution in [0.5, 0.6) is 5.75 Å². The maximum Gasteiger partial charge on any atom is 0.236 e. The highest BCUT2D eigenvalue weighted by atomic mass is 35.5. The first kappa shape index (κ1) is 30.1. The standard InChI is InChI=1S/C34H41ClN4O3/c1-37(18-16-30-12-6-7-17-36-30)33(40)21-26-15-19-39-24-27(26)11-8-20-42-32-14-5-3-10-29(32)23-38(25-34(39)41)22-28-9-2-4-13-31(28)35/h2-7,9-10,12-14,17,26-27H,8,11,15-16,18-25H2,1H3/t26-,27-/m0/s1. The number of hydrogen-bond donors (Lipinski definition) is 0. The summed E-state index contributed by atoms with van der Waals surface area (Å²) < 4.78 is 6.28. The number of likely N-dealkylation sites (N-methyl/N-ethyl adjacent to an activating group) is 1. The molecule has 5 rings (SSSR count). The first-order valence-corrected chi connectivity index (χ1v) is 15.4. The van der Waals surface area contributed by atoms with E-state index in [2.05, 4.69) is 16.0 Å². The molecule has 3 heterocycles. The summed E-state index contributed by atoms with van der Waals surface area (Å²) in [5, 5.41) is 0.702. The van der Waals surface area contributed by atoms with Gasteiger partial charge >= 0.3 is 0 Å². The summed E-state index contributed by atoms with van der Waals surface area (Å²) >= 11 is 6.51. The highest BCUT2D eigenvalue weighted by molar-refractivity contribution is 6.31. The Bertz CT molecular complexity index is 1340. The van der Waals surface area contributed by atoms with Crippen LogP contribution in [0.2, 0.25) is 5.02 Å². The predicted octanol–water partition coefficient (Wildman–Crippen LogP) is 5.47. The smallest absolute Gasteiger partial charge is 0.236 e. The number of hydrogen-bond acceptors (Lipinski definition) is 5. The number of rotatable bonds is 7. The first-order chi connectivity index (χ1) is 20.5. The van der Waals surface area contributed by atoms with E-state index in [1.807, 2.05) is 77.5 Å². The lowest BCUT2D eigenvalue weighted by atomic mass is 9.80. The maximum atomic E-state index is 13.7. The number of aromatic nitrogens is 1. The zero-order valence-electron chi connectivity index (χ0n) is 24.5. The second-order valence-corrected chi connectivity index (χ2v) is 12.0. The van der Waals surface area contributed by atoms with Crippen LogP contribution in [-0.2, 0) is 29.1 Å². The molecule has 0 unspecified atom stereocenters. The number of amides is 2. The molecule has 2 amide bonds. The molecule has 2 aliphatic rings. The average Bonchev–Trinajstić information content (AvgIpc) is 3.01. The highest BCUT2D eigenvalue weighted by Gasteiger charge is 2.34. The molecule has 0 aliphatic carbocycles. The molecule has 222 valence electrons. The molecule has 0 spiro atoms. The molecule has 0 radical (unpaired) electrons. The van der Waals surface area contributed by atoms with Crippen LogP contribution in [0, 0.1) is 11.8 Å². The predicted molar refractivity (Wildman–Crippen MR) is 165 cm³/mol. The minimum Gasteiger partial charge on any atom is -0.493 e. The Hall–Kier alpha value is -3.42. The van der Waals surface area contributed by atoms with Crippen molar-refractivity contribution in [1.29, 1.82) is 0 Å². The number of carbonyl (C=O) groups excluding carboxylic acids is 2. The summed E-state index contributed by atoms with van der Waals surface area (Å²) in [6, 6.07) is 21.8. The van der Waals surface area contributed by atoms with Gasteiger partial charge in [-0.2, -0.15) is 0 Å². The van der Waals surface area contributed by atoms with Crippen LogP contribution in [-0.4, -0.2) is 71.3 Å². The fraction of sp³-hybridized carbons (Fsp3) is 0.441. The largest absolute Gasteiger partial charge is 0.493 e. The molecular weight excluding hydrogens is 548 g/mol. The van der Waals surface area contributed by atoms with E-state index in [1.165, 1.54) is 0 Å². The number of para-hydroxylation sites is 1. The Morgan fingerprint density at radius 1 is 1.05 bits per heavy atom. The molecule has 0 N–H and O–H groups in total. The van der Waals surface area contributed by atoms with Crippen molar-refractivity contribution in [3.63, 3.8) is 0 Å². The number of fused-ring (bicyclic) bond motifs is 3. The van der Waals surface area contributed by atoms with E-state index < -0.39 is 0 Å². The fourth-order valence-corrected chi connectivity index (χ4v) is 6.30. The minimum absolute atomic E-state index is 0.127. The van der Waals surface area contributed by atoms with E-state index in [0.29, 0.717) is 57.3 Å². The van der Waals surface area contributed by atoms with Crippen LogP contribution in [0.3, 0.4) is 0 Å².